The molecule has 0 saturated heterocycles. The van der Waals surface area contributed by atoms with Crippen molar-refractivity contribution in [2.45, 2.75) is 19.8 Å². The fraction of sp³-hybridized carbons (Fsp3) is 0.462. The minimum atomic E-state index is -0.875. The summed E-state index contributed by atoms with van der Waals surface area (Å²) in [5.74, 6) is -1.51. The SMILES string of the molecule is Cc1cc(C(CN)C(=O)O)cc(N(C)C)c1C. The van der Waals surface area contributed by atoms with Crippen LogP contribution < -0.4 is 10.6 Å². The molecule has 1 atom stereocenters. The maximum absolute atomic E-state index is 11.1. The van der Waals surface area contributed by atoms with E-state index in [2.05, 4.69) is 0 Å². The number of hydrogen-bond acceptors (Lipinski definition) is 3. The van der Waals surface area contributed by atoms with E-state index >= 15 is 0 Å². The number of carboxylic acids is 1. The molecule has 1 aromatic rings. The first-order chi connectivity index (χ1) is 7.88. The molecule has 3 N–H and O–H groups in total. The molecule has 0 aromatic heterocycles. The molecule has 0 aliphatic carbocycles. The Morgan fingerprint density at radius 2 is 2.00 bits per heavy atom. The lowest BCUT2D eigenvalue weighted by Gasteiger charge is -2.21. The maximum Gasteiger partial charge on any atom is 0.312 e. The molecule has 4 nitrogen and oxygen atoms in total. The van der Waals surface area contributed by atoms with Crippen molar-refractivity contribution in [2.24, 2.45) is 5.73 Å². The minimum absolute atomic E-state index is 0.116. The summed E-state index contributed by atoms with van der Waals surface area (Å²) in [6.45, 7) is 4.14. The zero-order valence-electron chi connectivity index (χ0n) is 10.8. The van der Waals surface area contributed by atoms with Gasteiger partial charge in [0, 0.05) is 26.3 Å². The Kier molecular flexibility index (Phi) is 4.12. The van der Waals surface area contributed by atoms with Crippen LogP contribution in [-0.4, -0.2) is 31.7 Å². The van der Waals surface area contributed by atoms with E-state index in [4.69, 9.17) is 10.8 Å². The summed E-state index contributed by atoms with van der Waals surface area (Å²) in [4.78, 5) is 13.1. The highest BCUT2D eigenvalue weighted by Gasteiger charge is 2.20. The van der Waals surface area contributed by atoms with Gasteiger partial charge < -0.3 is 15.7 Å². The minimum Gasteiger partial charge on any atom is -0.481 e. The fourth-order valence-corrected chi connectivity index (χ4v) is 1.91. The van der Waals surface area contributed by atoms with Gasteiger partial charge in [0.15, 0.2) is 0 Å². The third-order valence-corrected chi connectivity index (χ3v) is 3.08. The first-order valence-electron chi connectivity index (χ1n) is 5.59. The first-order valence-corrected chi connectivity index (χ1v) is 5.59. The second-order valence-corrected chi connectivity index (χ2v) is 4.50. The number of carbonyl (C=O) groups is 1. The van der Waals surface area contributed by atoms with Gasteiger partial charge in [-0.1, -0.05) is 6.07 Å². The van der Waals surface area contributed by atoms with Crippen LogP contribution in [0.15, 0.2) is 12.1 Å². The standard InChI is InChI=1S/C13H20N2O2/c1-8-5-10(11(7-14)13(16)17)6-12(9(8)2)15(3)4/h5-6,11H,7,14H2,1-4H3,(H,16,17). The molecular formula is C13H20N2O2. The van der Waals surface area contributed by atoms with E-state index < -0.39 is 11.9 Å². The third-order valence-electron chi connectivity index (χ3n) is 3.08. The predicted molar refractivity (Wildman–Crippen MR) is 69.7 cm³/mol. The normalized spacial score (nSPS) is 12.3. The molecular weight excluding hydrogens is 216 g/mol. The molecule has 0 saturated carbocycles. The Labute approximate surface area is 102 Å². The van der Waals surface area contributed by atoms with Crippen LogP contribution in [-0.2, 0) is 4.79 Å². The van der Waals surface area contributed by atoms with Crippen molar-refractivity contribution in [3.63, 3.8) is 0 Å². The van der Waals surface area contributed by atoms with Crippen LogP contribution in [0.4, 0.5) is 5.69 Å². The Balaban J connectivity index is 3.31. The molecule has 1 aromatic carbocycles. The molecule has 0 fully saturated rings. The monoisotopic (exact) mass is 236 g/mol. The molecule has 0 bridgehead atoms. The summed E-state index contributed by atoms with van der Waals surface area (Å²) in [5.41, 5.74) is 9.59. The van der Waals surface area contributed by atoms with Crippen LogP contribution in [0.25, 0.3) is 0 Å². The smallest absolute Gasteiger partial charge is 0.312 e. The summed E-state index contributed by atoms with van der Waals surface area (Å²) in [5, 5.41) is 9.12. The van der Waals surface area contributed by atoms with Gasteiger partial charge in [-0.25, -0.2) is 0 Å². The number of rotatable bonds is 4. The number of aryl methyl sites for hydroxylation is 1. The zero-order chi connectivity index (χ0) is 13.2. The van der Waals surface area contributed by atoms with Gasteiger partial charge in [-0.05, 0) is 36.6 Å². The average Bonchev–Trinajstić information content (AvgIpc) is 2.22. The van der Waals surface area contributed by atoms with Gasteiger partial charge >= 0.3 is 5.97 Å². The number of nitrogens with zero attached hydrogens (tertiary/aromatic N) is 1. The lowest BCUT2D eigenvalue weighted by atomic mass is 9.94. The van der Waals surface area contributed by atoms with E-state index in [9.17, 15) is 4.79 Å². The maximum atomic E-state index is 11.1. The summed E-state index contributed by atoms with van der Waals surface area (Å²) >= 11 is 0. The van der Waals surface area contributed by atoms with E-state index in [0.29, 0.717) is 0 Å². The molecule has 0 heterocycles. The molecule has 0 amide bonds. The van der Waals surface area contributed by atoms with Gasteiger partial charge in [0.1, 0.15) is 0 Å². The van der Waals surface area contributed by atoms with Crippen molar-refractivity contribution in [1.29, 1.82) is 0 Å². The summed E-state index contributed by atoms with van der Waals surface area (Å²) in [6.07, 6.45) is 0. The predicted octanol–water partition coefficient (Wildman–Crippen LogP) is 1.50. The van der Waals surface area contributed by atoms with E-state index in [1.165, 1.54) is 5.56 Å². The highest BCUT2D eigenvalue weighted by molar-refractivity contribution is 5.77. The molecule has 1 rings (SSSR count). The fourth-order valence-electron chi connectivity index (χ4n) is 1.91. The molecule has 4 heteroatoms. The number of aliphatic carboxylic acids is 1. The van der Waals surface area contributed by atoms with Gasteiger partial charge in [-0.2, -0.15) is 0 Å². The van der Waals surface area contributed by atoms with E-state index in [0.717, 1.165) is 16.8 Å². The van der Waals surface area contributed by atoms with Crippen molar-refractivity contribution >= 4 is 11.7 Å². The van der Waals surface area contributed by atoms with Crippen molar-refractivity contribution in [3.8, 4) is 0 Å². The van der Waals surface area contributed by atoms with Gasteiger partial charge in [-0.3, -0.25) is 4.79 Å². The average molecular weight is 236 g/mol. The second-order valence-electron chi connectivity index (χ2n) is 4.50. The van der Waals surface area contributed by atoms with E-state index in [1.54, 1.807) is 0 Å². The summed E-state index contributed by atoms with van der Waals surface area (Å²) in [7, 11) is 3.90. The quantitative estimate of drug-likeness (QED) is 0.831. The van der Waals surface area contributed by atoms with Gasteiger partial charge in [0.05, 0.1) is 5.92 Å². The lowest BCUT2D eigenvalue weighted by molar-refractivity contribution is -0.138. The molecule has 17 heavy (non-hydrogen) atoms. The zero-order valence-corrected chi connectivity index (χ0v) is 10.8. The first kappa shape index (κ1) is 13.5. The Morgan fingerprint density at radius 1 is 1.41 bits per heavy atom. The van der Waals surface area contributed by atoms with Crippen LogP contribution in [0.3, 0.4) is 0 Å². The van der Waals surface area contributed by atoms with Crippen molar-refractivity contribution in [1.82, 2.24) is 0 Å². The van der Waals surface area contributed by atoms with Crippen molar-refractivity contribution in [3.05, 3.63) is 28.8 Å². The molecule has 1 unspecified atom stereocenters. The highest BCUT2D eigenvalue weighted by Crippen LogP contribution is 2.27. The van der Waals surface area contributed by atoms with Gasteiger partial charge in [0.25, 0.3) is 0 Å². The number of carboxylic acid groups (broad SMARTS) is 1. The molecule has 0 radical (unpaired) electrons. The van der Waals surface area contributed by atoms with Crippen LogP contribution in [0.5, 0.6) is 0 Å². The number of anilines is 1. The molecule has 0 aliphatic heterocycles. The lowest BCUT2D eigenvalue weighted by Crippen LogP contribution is -2.22. The Hall–Kier alpha value is -1.55. The summed E-state index contributed by atoms with van der Waals surface area (Å²) < 4.78 is 0. The Morgan fingerprint density at radius 3 is 2.41 bits per heavy atom. The number of hydrogen-bond donors (Lipinski definition) is 2. The van der Waals surface area contributed by atoms with Gasteiger partial charge in [-0.15, -0.1) is 0 Å². The van der Waals surface area contributed by atoms with E-state index in [1.807, 2.05) is 45.0 Å². The van der Waals surface area contributed by atoms with Crippen molar-refractivity contribution < 1.29 is 9.90 Å². The van der Waals surface area contributed by atoms with Crippen molar-refractivity contribution in [2.75, 3.05) is 25.5 Å². The summed E-state index contributed by atoms with van der Waals surface area (Å²) in [6, 6.07) is 3.82. The van der Waals surface area contributed by atoms with Crippen LogP contribution >= 0.6 is 0 Å². The molecule has 94 valence electrons. The highest BCUT2D eigenvalue weighted by atomic mass is 16.4. The largest absolute Gasteiger partial charge is 0.481 e. The topological polar surface area (TPSA) is 66.6 Å². The van der Waals surface area contributed by atoms with Crippen LogP contribution in [0.2, 0.25) is 0 Å². The second kappa shape index (κ2) is 5.19. The van der Waals surface area contributed by atoms with Crippen LogP contribution in [0.1, 0.15) is 22.6 Å². The number of benzene rings is 1. The van der Waals surface area contributed by atoms with Gasteiger partial charge in [0.2, 0.25) is 0 Å². The molecule has 0 aliphatic rings. The molecule has 0 spiro atoms. The third kappa shape index (κ3) is 2.77. The number of nitrogens with two attached hydrogens (primary N) is 1. The Bertz CT molecular complexity index is 428. The van der Waals surface area contributed by atoms with E-state index in [-0.39, 0.29) is 6.54 Å². The van der Waals surface area contributed by atoms with Crippen LogP contribution in [0, 0.1) is 13.8 Å².